The minimum atomic E-state index is -0.550. The van der Waals surface area contributed by atoms with E-state index in [1.807, 2.05) is 35.2 Å². The van der Waals surface area contributed by atoms with Crippen LogP contribution in [0.25, 0.3) is 0 Å². The van der Waals surface area contributed by atoms with E-state index in [4.69, 9.17) is 22.1 Å². The van der Waals surface area contributed by atoms with E-state index in [1.54, 1.807) is 25.1 Å². The molecule has 33 heavy (non-hydrogen) atoms. The fourth-order valence-corrected chi connectivity index (χ4v) is 3.96. The van der Waals surface area contributed by atoms with Crippen LogP contribution in [0.1, 0.15) is 41.5 Å². The summed E-state index contributed by atoms with van der Waals surface area (Å²) >= 11 is 0. The number of amidine groups is 1. The largest absolute Gasteiger partial charge is 0.384 e. The van der Waals surface area contributed by atoms with Crippen molar-refractivity contribution in [2.75, 3.05) is 6.54 Å². The van der Waals surface area contributed by atoms with Crippen molar-refractivity contribution in [2.24, 2.45) is 11.5 Å². The molecular formula is C23H28Cl2N6O2. The molecule has 3 rings (SSSR count). The van der Waals surface area contributed by atoms with Crippen LogP contribution in [0.5, 0.6) is 0 Å². The van der Waals surface area contributed by atoms with Crippen molar-refractivity contribution < 1.29 is 9.59 Å². The van der Waals surface area contributed by atoms with Gasteiger partial charge in [-0.25, -0.2) is 0 Å². The lowest BCUT2D eigenvalue weighted by Crippen LogP contribution is -2.51. The number of nitrogen functional groups attached to an aromatic ring is 1. The van der Waals surface area contributed by atoms with Crippen molar-refractivity contribution in [1.82, 2.24) is 10.2 Å². The number of nitrogens with two attached hydrogens (primary N) is 2. The van der Waals surface area contributed by atoms with E-state index in [1.165, 1.54) is 0 Å². The molecule has 0 spiro atoms. The summed E-state index contributed by atoms with van der Waals surface area (Å²) in [5.74, 6) is -0.655. The third kappa shape index (κ3) is 6.68. The molecule has 0 saturated carbocycles. The van der Waals surface area contributed by atoms with Gasteiger partial charge in [0.25, 0.3) is 0 Å². The summed E-state index contributed by atoms with van der Waals surface area (Å²) in [6.07, 6.45) is 0.508. The number of nitrogens with zero attached hydrogens (tertiary/aromatic N) is 2. The maximum absolute atomic E-state index is 12.8. The summed E-state index contributed by atoms with van der Waals surface area (Å²) in [5.41, 5.74) is 14.1. The van der Waals surface area contributed by atoms with Gasteiger partial charge in [-0.1, -0.05) is 36.4 Å². The molecule has 0 aliphatic carbocycles. The lowest BCUT2D eigenvalue weighted by Gasteiger charge is -2.28. The SMILES string of the molecule is C[C@@H](C(=O)NCc1ccc(C(=N)N)cc1)N1CC(c2cccc(C#N)c2)CC1C(N)=O.Cl.Cl. The summed E-state index contributed by atoms with van der Waals surface area (Å²) in [5, 5.41) is 19.5. The number of nitrogens with one attached hydrogen (secondary N) is 2. The number of likely N-dealkylation sites (tertiary alicyclic amines) is 1. The van der Waals surface area contributed by atoms with E-state index in [-0.39, 0.29) is 42.5 Å². The Balaban J connectivity index is 0.00000272. The molecule has 1 fully saturated rings. The Labute approximate surface area is 205 Å². The minimum absolute atomic E-state index is 0. The molecule has 2 aromatic carbocycles. The number of amides is 2. The normalized spacial score (nSPS) is 18.2. The second-order valence-corrected chi connectivity index (χ2v) is 7.79. The highest BCUT2D eigenvalue weighted by molar-refractivity contribution is 5.94. The Morgan fingerprint density at radius 1 is 1.21 bits per heavy atom. The van der Waals surface area contributed by atoms with E-state index in [2.05, 4.69) is 11.4 Å². The Hall–Kier alpha value is -3.12. The number of carbonyl (C=O) groups excluding carboxylic acids is 2. The first kappa shape index (κ1) is 27.9. The van der Waals surface area contributed by atoms with Gasteiger partial charge in [-0.3, -0.25) is 19.9 Å². The molecule has 0 radical (unpaired) electrons. The summed E-state index contributed by atoms with van der Waals surface area (Å²) in [7, 11) is 0. The third-order valence-electron chi connectivity index (χ3n) is 5.76. The monoisotopic (exact) mass is 490 g/mol. The molecular weight excluding hydrogens is 463 g/mol. The van der Waals surface area contributed by atoms with E-state index in [0.29, 0.717) is 30.6 Å². The molecule has 0 aromatic heterocycles. The molecule has 1 aliphatic rings. The van der Waals surface area contributed by atoms with Crippen molar-refractivity contribution in [1.29, 1.82) is 10.7 Å². The molecule has 2 amide bonds. The van der Waals surface area contributed by atoms with Crippen LogP contribution in [0.15, 0.2) is 48.5 Å². The summed E-state index contributed by atoms with van der Waals surface area (Å²) in [4.78, 5) is 26.7. The lowest BCUT2D eigenvalue weighted by molar-refractivity contribution is -0.129. The Morgan fingerprint density at radius 3 is 2.45 bits per heavy atom. The van der Waals surface area contributed by atoms with Gasteiger partial charge in [-0.2, -0.15) is 5.26 Å². The second-order valence-electron chi connectivity index (χ2n) is 7.79. The van der Waals surface area contributed by atoms with Crippen molar-refractivity contribution in [3.05, 3.63) is 70.8 Å². The van der Waals surface area contributed by atoms with Crippen molar-refractivity contribution >= 4 is 42.5 Å². The minimum Gasteiger partial charge on any atom is -0.384 e. The van der Waals surface area contributed by atoms with Crippen LogP contribution < -0.4 is 16.8 Å². The van der Waals surface area contributed by atoms with E-state index in [9.17, 15) is 9.59 Å². The Morgan fingerprint density at radius 2 is 1.88 bits per heavy atom. The lowest BCUT2D eigenvalue weighted by atomic mass is 9.95. The zero-order valence-electron chi connectivity index (χ0n) is 18.2. The van der Waals surface area contributed by atoms with Gasteiger partial charge in [0.1, 0.15) is 5.84 Å². The van der Waals surface area contributed by atoms with Crippen molar-refractivity contribution in [3.63, 3.8) is 0 Å². The van der Waals surface area contributed by atoms with Crippen LogP contribution in [0, 0.1) is 16.7 Å². The molecule has 2 aromatic rings. The molecule has 176 valence electrons. The average Bonchev–Trinajstić information content (AvgIpc) is 3.23. The summed E-state index contributed by atoms with van der Waals surface area (Å²) in [6, 6.07) is 15.4. The van der Waals surface area contributed by atoms with Crippen molar-refractivity contribution in [3.8, 4) is 6.07 Å². The van der Waals surface area contributed by atoms with Gasteiger partial charge >= 0.3 is 0 Å². The first-order valence-corrected chi connectivity index (χ1v) is 10.1. The molecule has 1 aliphatic heterocycles. The number of rotatable bonds is 7. The fraction of sp³-hybridized carbons (Fsp3) is 0.304. The third-order valence-corrected chi connectivity index (χ3v) is 5.76. The quantitative estimate of drug-likeness (QED) is 0.345. The molecule has 1 heterocycles. The summed E-state index contributed by atoms with van der Waals surface area (Å²) in [6.45, 7) is 2.59. The second kappa shape index (κ2) is 12.2. The van der Waals surface area contributed by atoms with Crippen molar-refractivity contribution in [2.45, 2.75) is 37.9 Å². The van der Waals surface area contributed by atoms with Gasteiger partial charge in [0.15, 0.2) is 0 Å². The first-order valence-electron chi connectivity index (χ1n) is 10.1. The number of hydrogen-bond donors (Lipinski definition) is 4. The maximum Gasteiger partial charge on any atom is 0.237 e. The van der Waals surface area contributed by atoms with E-state index < -0.39 is 18.0 Å². The zero-order valence-corrected chi connectivity index (χ0v) is 19.8. The number of benzene rings is 2. The van der Waals surface area contributed by atoms with E-state index in [0.717, 1.165) is 11.1 Å². The van der Waals surface area contributed by atoms with Gasteiger partial charge in [0.05, 0.1) is 23.7 Å². The van der Waals surface area contributed by atoms with Gasteiger partial charge < -0.3 is 16.8 Å². The number of halogens is 2. The van der Waals surface area contributed by atoms with Gasteiger partial charge in [0, 0.05) is 18.7 Å². The smallest absolute Gasteiger partial charge is 0.237 e. The molecule has 8 nitrogen and oxygen atoms in total. The van der Waals surface area contributed by atoms with Gasteiger partial charge in [-0.05, 0) is 42.5 Å². The number of nitriles is 1. The topological polar surface area (TPSA) is 149 Å². The molecule has 2 unspecified atom stereocenters. The Bertz CT molecular complexity index is 1040. The molecule has 1 saturated heterocycles. The molecule has 0 bridgehead atoms. The predicted octanol–water partition coefficient (Wildman–Crippen LogP) is 2.03. The number of primary amides is 1. The fourth-order valence-electron chi connectivity index (χ4n) is 3.96. The number of hydrogen-bond acceptors (Lipinski definition) is 5. The highest BCUT2D eigenvalue weighted by Crippen LogP contribution is 2.33. The first-order chi connectivity index (χ1) is 14.8. The number of carbonyl (C=O) groups is 2. The molecule has 10 heteroatoms. The Kier molecular flexibility index (Phi) is 10.3. The zero-order chi connectivity index (χ0) is 22.5. The maximum atomic E-state index is 12.8. The van der Waals surface area contributed by atoms with Crippen LogP contribution in [0.4, 0.5) is 0 Å². The van der Waals surface area contributed by atoms with E-state index >= 15 is 0 Å². The average molecular weight is 491 g/mol. The van der Waals surface area contributed by atoms with Crippen LogP contribution in [-0.2, 0) is 16.1 Å². The van der Waals surface area contributed by atoms with Gasteiger partial charge in [-0.15, -0.1) is 24.8 Å². The predicted molar refractivity (Wildman–Crippen MR) is 131 cm³/mol. The van der Waals surface area contributed by atoms with Crippen LogP contribution >= 0.6 is 24.8 Å². The van der Waals surface area contributed by atoms with Crippen LogP contribution in [-0.4, -0.2) is 41.2 Å². The van der Waals surface area contributed by atoms with Crippen LogP contribution in [0.2, 0.25) is 0 Å². The molecule has 3 atom stereocenters. The van der Waals surface area contributed by atoms with Crippen LogP contribution in [0.3, 0.4) is 0 Å². The highest BCUT2D eigenvalue weighted by Gasteiger charge is 2.40. The summed E-state index contributed by atoms with van der Waals surface area (Å²) < 4.78 is 0. The van der Waals surface area contributed by atoms with Gasteiger partial charge in [0.2, 0.25) is 11.8 Å². The standard InChI is InChI=1S/C23H26N6O2.2ClH/c1-14(23(31)28-12-15-5-7-17(8-6-15)21(25)26)29-13-19(10-20(29)22(27)30)18-4-2-3-16(9-18)11-24;;/h2-9,14,19-20H,10,12-13H2,1H3,(H3,25,26)(H2,27,30)(H,28,31);2*1H/t14-,19?,20?;;/m0../s1. The highest BCUT2D eigenvalue weighted by atomic mass is 35.5. The molecule has 6 N–H and O–H groups in total.